The third kappa shape index (κ3) is 5.42. The molecule has 1 aliphatic heterocycles. The monoisotopic (exact) mass is 419 g/mol. The van der Waals surface area contributed by atoms with Crippen molar-refractivity contribution in [2.75, 3.05) is 46.4 Å². The van der Waals surface area contributed by atoms with Gasteiger partial charge in [0, 0.05) is 37.8 Å². The number of methoxy groups -OCH3 is 1. The first-order valence-corrected chi connectivity index (χ1v) is 11.3. The SMILES string of the molecule is COc1ccc2nccc([C@H](CO)N3CCN(CCCCc4ccccc4)CC3)c2c1. The number of fused-ring (bicyclic) bond motifs is 1. The largest absolute Gasteiger partial charge is 0.497 e. The fourth-order valence-electron chi connectivity index (χ4n) is 4.58. The van der Waals surface area contributed by atoms with E-state index in [1.54, 1.807) is 7.11 Å². The number of rotatable bonds is 9. The number of benzene rings is 2. The van der Waals surface area contributed by atoms with Crippen molar-refractivity contribution in [2.24, 2.45) is 0 Å². The molecule has 5 heteroatoms. The first kappa shape index (κ1) is 21.8. The fourth-order valence-corrected chi connectivity index (χ4v) is 4.58. The number of aliphatic hydroxyl groups is 1. The molecular formula is C26H33N3O2. The van der Waals surface area contributed by atoms with Crippen LogP contribution in [0, 0.1) is 0 Å². The van der Waals surface area contributed by atoms with E-state index in [1.165, 1.54) is 18.4 Å². The van der Waals surface area contributed by atoms with Gasteiger partial charge in [0.15, 0.2) is 0 Å². The molecule has 0 amide bonds. The molecule has 0 spiro atoms. The maximum absolute atomic E-state index is 10.3. The minimum absolute atomic E-state index is 0.0159. The highest BCUT2D eigenvalue weighted by Gasteiger charge is 2.26. The molecule has 0 saturated carbocycles. The molecule has 1 N–H and O–H groups in total. The summed E-state index contributed by atoms with van der Waals surface area (Å²) >= 11 is 0. The highest BCUT2D eigenvalue weighted by atomic mass is 16.5. The molecule has 4 rings (SSSR count). The molecule has 1 saturated heterocycles. The van der Waals surface area contributed by atoms with Gasteiger partial charge in [0.25, 0.3) is 0 Å². The van der Waals surface area contributed by atoms with Crippen molar-refractivity contribution < 1.29 is 9.84 Å². The average molecular weight is 420 g/mol. The molecule has 31 heavy (non-hydrogen) atoms. The highest BCUT2D eigenvalue weighted by Crippen LogP contribution is 2.30. The van der Waals surface area contributed by atoms with Gasteiger partial charge < -0.3 is 14.7 Å². The summed E-state index contributed by atoms with van der Waals surface area (Å²) in [6.45, 7) is 5.30. The minimum Gasteiger partial charge on any atom is -0.497 e. The number of ether oxygens (including phenoxy) is 1. The van der Waals surface area contributed by atoms with Gasteiger partial charge >= 0.3 is 0 Å². The average Bonchev–Trinajstić information content (AvgIpc) is 2.83. The van der Waals surface area contributed by atoms with Crippen molar-refractivity contribution in [1.29, 1.82) is 0 Å². The van der Waals surface area contributed by atoms with Gasteiger partial charge in [-0.25, -0.2) is 0 Å². The Morgan fingerprint density at radius 1 is 1.00 bits per heavy atom. The summed E-state index contributed by atoms with van der Waals surface area (Å²) in [5.41, 5.74) is 3.50. The van der Waals surface area contributed by atoms with Crippen LogP contribution < -0.4 is 4.74 Å². The predicted molar refractivity (Wildman–Crippen MR) is 126 cm³/mol. The molecule has 1 fully saturated rings. The van der Waals surface area contributed by atoms with Gasteiger partial charge in [-0.2, -0.15) is 0 Å². The smallest absolute Gasteiger partial charge is 0.119 e. The lowest BCUT2D eigenvalue weighted by molar-refractivity contribution is 0.0650. The maximum Gasteiger partial charge on any atom is 0.119 e. The Morgan fingerprint density at radius 2 is 1.81 bits per heavy atom. The van der Waals surface area contributed by atoms with E-state index in [2.05, 4.69) is 45.1 Å². The van der Waals surface area contributed by atoms with Crippen LogP contribution in [0.3, 0.4) is 0 Å². The molecule has 1 aromatic heterocycles. The van der Waals surface area contributed by atoms with Crippen molar-refractivity contribution in [3.8, 4) is 5.75 Å². The lowest BCUT2D eigenvalue weighted by Gasteiger charge is -2.39. The van der Waals surface area contributed by atoms with Crippen LogP contribution in [0.15, 0.2) is 60.8 Å². The second-order valence-electron chi connectivity index (χ2n) is 8.30. The molecule has 3 aromatic rings. The zero-order valence-electron chi connectivity index (χ0n) is 18.4. The fraction of sp³-hybridized carbons (Fsp3) is 0.423. The lowest BCUT2D eigenvalue weighted by Crippen LogP contribution is -2.48. The van der Waals surface area contributed by atoms with Gasteiger partial charge in [-0.15, -0.1) is 0 Å². The standard InChI is InChI=1S/C26H33N3O2/c1-31-22-10-11-25-24(19-22)23(12-13-27-25)26(20-30)29-17-15-28(16-18-29)14-6-5-9-21-7-3-2-4-8-21/h2-4,7-8,10-13,19,26,30H,5-6,9,14-18,20H2,1H3/t26-/m0/s1. The number of piperazine rings is 1. The van der Waals surface area contributed by atoms with Gasteiger partial charge in [-0.05, 0) is 61.2 Å². The molecule has 1 aliphatic rings. The number of nitrogens with zero attached hydrogens (tertiary/aromatic N) is 3. The third-order valence-corrected chi connectivity index (χ3v) is 6.39. The van der Waals surface area contributed by atoms with Gasteiger partial charge in [-0.3, -0.25) is 9.88 Å². The molecule has 5 nitrogen and oxygen atoms in total. The van der Waals surface area contributed by atoms with E-state index in [0.717, 1.165) is 61.4 Å². The Morgan fingerprint density at radius 3 is 2.55 bits per heavy atom. The summed E-state index contributed by atoms with van der Waals surface area (Å²) in [7, 11) is 1.68. The minimum atomic E-state index is -0.0159. The van der Waals surface area contributed by atoms with E-state index >= 15 is 0 Å². The number of pyridine rings is 1. The zero-order valence-corrected chi connectivity index (χ0v) is 18.4. The summed E-state index contributed by atoms with van der Waals surface area (Å²) in [4.78, 5) is 9.46. The number of hydrogen-bond donors (Lipinski definition) is 1. The molecule has 0 unspecified atom stereocenters. The van der Waals surface area contributed by atoms with Crippen LogP contribution in [0.5, 0.6) is 5.75 Å². The molecule has 1 atom stereocenters. The Hall–Kier alpha value is -2.47. The van der Waals surface area contributed by atoms with Crippen molar-refractivity contribution in [1.82, 2.24) is 14.8 Å². The summed E-state index contributed by atoms with van der Waals surface area (Å²) < 4.78 is 5.41. The summed E-state index contributed by atoms with van der Waals surface area (Å²) in [5, 5.41) is 11.3. The number of aryl methyl sites for hydroxylation is 1. The first-order chi connectivity index (χ1) is 15.3. The van der Waals surface area contributed by atoms with Crippen LogP contribution in [-0.4, -0.2) is 66.3 Å². The van der Waals surface area contributed by atoms with E-state index in [0.29, 0.717) is 0 Å². The summed E-state index contributed by atoms with van der Waals surface area (Å²) in [5.74, 6) is 0.818. The molecule has 2 aromatic carbocycles. The van der Waals surface area contributed by atoms with Crippen molar-refractivity contribution >= 4 is 10.9 Å². The Bertz CT molecular complexity index is 955. The first-order valence-electron chi connectivity index (χ1n) is 11.3. The van der Waals surface area contributed by atoms with Crippen LogP contribution in [0.4, 0.5) is 0 Å². The van der Waals surface area contributed by atoms with Gasteiger partial charge in [0.1, 0.15) is 5.75 Å². The van der Waals surface area contributed by atoms with Crippen molar-refractivity contribution in [3.63, 3.8) is 0 Å². The van der Waals surface area contributed by atoms with Gasteiger partial charge in [-0.1, -0.05) is 30.3 Å². The van der Waals surface area contributed by atoms with E-state index in [4.69, 9.17) is 4.74 Å². The molecule has 0 bridgehead atoms. The second-order valence-corrected chi connectivity index (χ2v) is 8.30. The lowest BCUT2D eigenvalue weighted by atomic mass is 10.00. The van der Waals surface area contributed by atoms with Crippen LogP contribution in [0.2, 0.25) is 0 Å². The summed E-state index contributed by atoms with van der Waals surface area (Å²) in [6, 6.07) is 18.7. The topological polar surface area (TPSA) is 48.8 Å². The Balaban J connectivity index is 1.33. The van der Waals surface area contributed by atoms with Gasteiger partial charge in [0.2, 0.25) is 0 Å². The molecule has 2 heterocycles. The predicted octanol–water partition coefficient (Wildman–Crippen LogP) is 3.92. The number of unbranched alkanes of at least 4 members (excludes halogenated alkanes) is 1. The van der Waals surface area contributed by atoms with Gasteiger partial charge in [0.05, 0.1) is 25.3 Å². The number of aliphatic hydroxyl groups excluding tert-OH is 1. The molecular weight excluding hydrogens is 386 g/mol. The summed E-state index contributed by atoms with van der Waals surface area (Å²) in [6.07, 6.45) is 5.46. The van der Waals surface area contributed by atoms with Crippen molar-refractivity contribution in [2.45, 2.75) is 25.3 Å². The van der Waals surface area contributed by atoms with E-state index in [9.17, 15) is 5.11 Å². The molecule has 164 valence electrons. The van der Waals surface area contributed by atoms with E-state index in [1.807, 2.05) is 30.5 Å². The Kier molecular flexibility index (Phi) is 7.52. The number of aromatic nitrogens is 1. The van der Waals surface area contributed by atoms with E-state index < -0.39 is 0 Å². The second kappa shape index (κ2) is 10.7. The number of hydrogen-bond acceptors (Lipinski definition) is 5. The van der Waals surface area contributed by atoms with Crippen LogP contribution in [0.25, 0.3) is 10.9 Å². The molecule has 0 radical (unpaired) electrons. The maximum atomic E-state index is 10.3. The van der Waals surface area contributed by atoms with E-state index in [-0.39, 0.29) is 12.6 Å². The zero-order chi connectivity index (χ0) is 21.5. The highest BCUT2D eigenvalue weighted by molar-refractivity contribution is 5.84. The van der Waals surface area contributed by atoms with Crippen LogP contribution in [0.1, 0.15) is 30.0 Å². The van der Waals surface area contributed by atoms with Crippen LogP contribution in [-0.2, 0) is 6.42 Å². The normalized spacial score (nSPS) is 16.5. The quantitative estimate of drug-likeness (QED) is 0.533. The van der Waals surface area contributed by atoms with Crippen LogP contribution >= 0.6 is 0 Å². The third-order valence-electron chi connectivity index (χ3n) is 6.39. The molecule has 0 aliphatic carbocycles. The van der Waals surface area contributed by atoms with Crippen molar-refractivity contribution in [3.05, 3.63) is 71.9 Å². The Labute approximate surface area is 185 Å².